The van der Waals surface area contributed by atoms with E-state index in [4.69, 9.17) is 11.5 Å². The molecule has 8 N–H and O–H groups in total. The van der Waals surface area contributed by atoms with Crippen molar-refractivity contribution in [2.75, 3.05) is 11.5 Å². The summed E-state index contributed by atoms with van der Waals surface area (Å²) in [6.07, 6.45) is 0. The molecule has 0 radical (unpaired) electrons. The number of fused-ring (bicyclic) bond motifs is 1. The van der Waals surface area contributed by atoms with E-state index in [0.29, 0.717) is 5.56 Å². The number of aryl methyl sites for hydroxylation is 1. The van der Waals surface area contributed by atoms with E-state index in [0.717, 1.165) is 18.2 Å². The minimum atomic E-state index is -4.84. The van der Waals surface area contributed by atoms with Gasteiger partial charge < -0.3 is 21.7 Å². The molecule has 4 rings (SSSR count). The number of aromatic hydroxyl groups is 2. The average molecular weight is 631 g/mol. The standard InChI is InChI=1S/C23H20N6O8S2.Ni/c1-11-6-18(19(30)10-17(11)27-26-16-5-4-14(25)9-20(16)38(32,33)34)28-29-22-21(39(35,36)37)7-12-2-3-13(24)8-15(12)23(22)31;/h2-10,30-31H,24-25H2,1H3,(H,32,33,34)(H,35,36,37);. The van der Waals surface area contributed by atoms with E-state index in [-0.39, 0.29) is 55.7 Å². The van der Waals surface area contributed by atoms with Crippen LogP contribution in [0.4, 0.5) is 34.1 Å². The van der Waals surface area contributed by atoms with Crippen molar-refractivity contribution < 1.29 is 52.6 Å². The molecular formula is C23H20N6NiO8S2. The van der Waals surface area contributed by atoms with Gasteiger partial charge in [0.2, 0.25) is 0 Å². The molecule has 4 aromatic rings. The molecule has 0 aliphatic carbocycles. The number of hydrogen-bond donors (Lipinski definition) is 6. The van der Waals surface area contributed by atoms with Gasteiger partial charge in [-0.25, -0.2) is 0 Å². The van der Waals surface area contributed by atoms with Crippen LogP contribution < -0.4 is 11.5 Å². The maximum atomic E-state index is 12.0. The summed E-state index contributed by atoms with van der Waals surface area (Å²) < 4.78 is 66.3. The van der Waals surface area contributed by atoms with Crippen LogP contribution in [-0.4, -0.2) is 36.2 Å². The van der Waals surface area contributed by atoms with Crippen LogP contribution in [0.1, 0.15) is 5.56 Å². The molecule has 0 atom stereocenters. The molecule has 0 amide bonds. The van der Waals surface area contributed by atoms with Crippen LogP contribution in [0.3, 0.4) is 0 Å². The van der Waals surface area contributed by atoms with E-state index in [1.807, 2.05) is 0 Å². The Morgan fingerprint density at radius 3 is 1.90 bits per heavy atom. The van der Waals surface area contributed by atoms with Gasteiger partial charge in [0.15, 0.2) is 5.75 Å². The first-order chi connectivity index (χ1) is 18.1. The van der Waals surface area contributed by atoms with Gasteiger partial charge in [0.05, 0.1) is 5.69 Å². The van der Waals surface area contributed by atoms with Crippen molar-refractivity contribution in [3.63, 3.8) is 0 Å². The number of nitrogens with two attached hydrogens (primary N) is 2. The van der Waals surface area contributed by atoms with Gasteiger partial charge in [-0.3, -0.25) is 9.11 Å². The summed E-state index contributed by atoms with van der Waals surface area (Å²) in [5, 5.41) is 36.9. The maximum Gasteiger partial charge on any atom is 0.296 e. The number of benzene rings is 4. The number of anilines is 2. The molecule has 17 heteroatoms. The van der Waals surface area contributed by atoms with Crippen molar-refractivity contribution >= 4 is 65.1 Å². The van der Waals surface area contributed by atoms with E-state index in [2.05, 4.69) is 20.5 Å². The Bertz CT molecular complexity index is 1930. The molecule has 0 saturated heterocycles. The molecule has 0 spiro atoms. The molecule has 0 heterocycles. The van der Waals surface area contributed by atoms with E-state index in [1.165, 1.54) is 36.4 Å². The topological polar surface area (TPSA) is 251 Å². The van der Waals surface area contributed by atoms with Crippen molar-refractivity contribution in [3.8, 4) is 11.5 Å². The van der Waals surface area contributed by atoms with Crippen LogP contribution in [0.5, 0.6) is 11.5 Å². The summed E-state index contributed by atoms with van der Waals surface area (Å²) >= 11 is 0. The van der Waals surface area contributed by atoms with Gasteiger partial charge in [-0.05, 0) is 60.3 Å². The van der Waals surface area contributed by atoms with Crippen molar-refractivity contribution in [2.45, 2.75) is 16.7 Å². The molecule has 14 nitrogen and oxygen atoms in total. The normalized spacial score (nSPS) is 12.3. The molecule has 0 unspecified atom stereocenters. The van der Waals surface area contributed by atoms with Crippen LogP contribution in [-0.2, 0) is 36.7 Å². The molecule has 0 aliphatic rings. The van der Waals surface area contributed by atoms with Crippen molar-refractivity contribution in [1.82, 2.24) is 0 Å². The Balaban J connectivity index is 0.00000441. The van der Waals surface area contributed by atoms with Gasteiger partial charge in [0.1, 0.15) is 32.6 Å². The van der Waals surface area contributed by atoms with Gasteiger partial charge in [-0.1, -0.05) is 6.07 Å². The summed E-state index contributed by atoms with van der Waals surface area (Å²) in [4.78, 5) is -1.29. The third-order valence-electron chi connectivity index (χ3n) is 5.43. The van der Waals surface area contributed by atoms with Crippen molar-refractivity contribution in [1.29, 1.82) is 0 Å². The minimum Gasteiger partial charge on any atom is -0.506 e. The summed E-state index contributed by atoms with van der Waals surface area (Å²) in [6, 6.07) is 11.4. The zero-order valence-electron chi connectivity index (χ0n) is 20.2. The Labute approximate surface area is 237 Å². The first-order valence-electron chi connectivity index (χ1n) is 10.7. The van der Waals surface area contributed by atoms with E-state index in [9.17, 15) is 36.2 Å². The fraction of sp³-hybridized carbons (Fsp3) is 0.0435. The maximum absolute atomic E-state index is 12.0. The summed E-state index contributed by atoms with van der Waals surface area (Å²) in [7, 11) is -9.49. The van der Waals surface area contributed by atoms with Crippen LogP contribution in [0.25, 0.3) is 10.8 Å². The average Bonchev–Trinajstić information content (AvgIpc) is 2.83. The second-order valence-corrected chi connectivity index (χ2v) is 11.0. The monoisotopic (exact) mass is 630 g/mol. The number of azo groups is 2. The Kier molecular flexibility index (Phi) is 8.47. The SMILES string of the molecule is Cc1cc(N=Nc2c(S(=O)(=O)O)cc3ccc(N)cc3c2O)c(O)cc1N=Nc1ccc(N)cc1S(=O)(=O)O.[Ni]. The number of nitrogen functional groups attached to an aromatic ring is 2. The molecule has 0 aliphatic heterocycles. The fourth-order valence-electron chi connectivity index (χ4n) is 3.54. The van der Waals surface area contributed by atoms with Gasteiger partial charge >= 0.3 is 0 Å². The van der Waals surface area contributed by atoms with E-state index >= 15 is 0 Å². The first kappa shape index (κ1) is 30.4. The quantitative estimate of drug-likeness (QED) is 0.0715. The Morgan fingerprint density at radius 1 is 0.675 bits per heavy atom. The number of nitrogens with zero attached hydrogens (tertiary/aromatic N) is 4. The molecular weight excluding hydrogens is 611 g/mol. The predicted octanol–water partition coefficient (Wildman–Crippen LogP) is 5.05. The molecule has 40 heavy (non-hydrogen) atoms. The summed E-state index contributed by atoms with van der Waals surface area (Å²) in [5.41, 5.74) is 11.2. The Morgan fingerprint density at radius 2 is 1.25 bits per heavy atom. The Hall–Kier alpha value is -4.15. The van der Waals surface area contributed by atoms with Crippen LogP contribution in [0.2, 0.25) is 0 Å². The van der Waals surface area contributed by atoms with Crippen LogP contribution >= 0.6 is 0 Å². The number of hydrogen-bond acceptors (Lipinski definition) is 12. The second-order valence-electron chi connectivity index (χ2n) is 8.26. The number of rotatable bonds is 6. The van der Waals surface area contributed by atoms with Gasteiger partial charge in [0, 0.05) is 39.3 Å². The summed E-state index contributed by atoms with van der Waals surface area (Å²) in [6.45, 7) is 1.55. The first-order valence-corrected chi connectivity index (χ1v) is 13.6. The zero-order chi connectivity index (χ0) is 28.7. The van der Waals surface area contributed by atoms with Crippen LogP contribution in [0, 0.1) is 6.92 Å². The minimum absolute atomic E-state index is 0. The molecule has 0 fully saturated rings. The number of phenols is 2. The molecule has 4 aromatic carbocycles. The molecule has 0 aromatic heterocycles. The van der Waals surface area contributed by atoms with E-state index in [1.54, 1.807) is 6.92 Å². The molecule has 0 bridgehead atoms. The van der Waals surface area contributed by atoms with Crippen molar-refractivity contribution in [3.05, 3.63) is 60.2 Å². The van der Waals surface area contributed by atoms with Crippen molar-refractivity contribution in [2.24, 2.45) is 20.5 Å². The largest absolute Gasteiger partial charge is 0.506 e. The summed E-state index contributed by atoms with van der Waals surface area (Å²) in [5.74, 6) is -1.10. The smallest absolute Gasteiger partial charge is 0.296 e. The molecule has 212 valence electrons. The third-order valence-corrected chi connectivity index (χ3v) is 7.18. The van der Waals surface area contributed by atoms with Gasteiger partial charge in [0.25, 0.3) is 20.2 Å². The fourth-order valence-corrected chi connectivity index (χ4v) is 4.86. The second kappa shape index (κ2) is 11.1. The third kappa shape index (κ3) is 6.35. The number of phenolic OH excluding ortho intramolecular Hbond substituents is 2. The zero-order valence-corrected chi connectivity index (χ0v) is 22.8. The van der Waals surface area contributed by atoms with E-state index < -0.39 is 47.2 Å². The van der Waals surface area contributed by atoms with Gasteiger partial charge in [-0.15, -0.1) is 15.3 Å². The molecule has 0 saturated carbocycles. The van der Waals surface area contributed by atoms with Crippen LogP contribution in [0.15, 0.2) is 84.8 Å². The van der Waals surface area contributed by atoms with Gasteiger partial charge in [-0.2, -0.15) is 21.9 Å². The predicted molar refractivity (Wildman–Crippen MR) is 142 cm³/mol.